The summed E-state index contributed by atoms with van der Waals surface area (Å²) in [6.07, 6.45) is 5.62. The fourth-order valence-electron chi connectivity index (χ4n) is 5.21. The maximum absolute atomic E-state index is 12.9. The largest absolute Gasteiger partial charge is 0.350 e. The first-order valence-electron chi connectivity index (χ1n) is 10.7. The van der Waals surface area contributed by atoms with Gasteiger partial charge in [-0.3, -0.25) is 19.3 Å². The number of aromatic amines is 1. The highest BCUT2D eigenvalue weighted by atomic mass is 32.2. The molecule has 1 saturated heterocycles. The zero-order chi connectivity index (χ0) is 20.6. The molecule has 7 heteroatoms. The van der Waals surface area contributed by atoms with Gasteiger partial charge in [0, 0.05) is 54.4 Å². The summed E-state index contributed by atoms with van der Waals surface area (Å²) in [4.78, 5) is 43.4. The zero-order valence-corrected chi connectivity index (χ0v) is 18.3. The van der Waals surface area contributed by atoms with Crippen LogP contribution in [-0.2, 0) is 6.42 Å². The lowest BCUT2D eigenvalue weighted by Gasteiger charge is -2.43. The molecule has 2 heterocycles. The smallest absolute Gasteiger partial charge is 0.261 e. The number of hydrogen-bond acceptors (Lipinski definition) is 5. The number of H-pyrrole nitrogens is 1. The summed E-state index contributed by atoms with van der Waals surface area (Å²) in [6.45, 7) is 6.72. The fourth-order valence-corrected chi connectivity index (χ4v) is 6.12. The van der Waals surface area contributed by atoms with Gasteiger partial charge in [-0.2, -0.15) is 11.8 Å². The van der Waals surface area contributed by atoms with E-state index in [2.05, 4.69) is 15.2 Å². The van der Waals surface area contributed by atoms with E-state index >= 15 is 0 Å². The minimum atomic E-state index is -0.401. The third-order valence-corrected chi connectivity index (χ3v) is 7.70. The quantitative estimate of drug-likeness (QED) is 0.787. The van der Waals surface area contributed by atoms with E-state index in [-0.39, 0.29) is 28.2 Å². The number of nitrogens with zero attached hydrogens (tertiary/aromatic N) is 1. The Morgan fingerprint density at radius 3 is 2.55 bits per heavy atom. The molecule has 158 valence electrons. The second kappa shape index (κ2) is 7.91. The lowest BCUT2D eigenvalue weighted by molar-refractivity contribution is 0.0816. The first kappa shape index (κ1) is 20.7. The fraction of sp³-hybridized carbons (Fsp3) is 0.682. The van der Waals surface area contributed by atoms with E-state index in [1.807, 2.05) is 25.6 Å². The maximum atomic E-state index is 12.9. The number of amides is 1. The summed E-state index contributed by atoms with van der Waals surface area (Å²) in [7, 11) is 0. The van der Waals surface area contributed by atoms with Crippen molar-refractivity contribution in [1.82, 2.24) is 15.2 Å². The van der Waals surface area contributed by atoms with E-state index in [1.54, 1.807) is 0 Å². The number of fused-ring (bicyclic) bond motifs is 1. The number of rotatable bonds is 4. The molecular formula is C22H31N3O3S. The summed E-state index contributed by atoms with van der Waals surface area (Å²) >= 11 is 1.99. The normalized spacial score (nSPS) is 23.6. The number of pyridine rings is 1. The monoisotopic (exact) mass is 417 g/mol. The van der Waals surface area contributed by atoms with Crippen molar-refractivity contribution in [3.8, 4) is 0 Å². The third-order valence-electron chi connectivity index (χ3n) is 6.76. The van der Waals surface area contributed by atoms with Crippen molar-refractivity contribution >= 4 is 23.5 Å². The zero-order valence-electron chi connectivity index (χ0n) is 17.4. The van der Waals surface area contributed by atoms with Crippen LogP contribution < -0.4 is 10.9 Å². The molecule has 0 unspecified atom stereocenters. The molecule has 1 aromatic heterocycles. The molecule has 0 radical (unpaired) electrons. The first-order valence-corrected chi connectivity index (χ1v) is 11.9. The highest BCUT2D eigenvalue weighted by molar-refractivity contribution is 7.99. The van der Waals surface area contributed by atoms with Crippen molar-refractivity contribution in [2.24, 2.45) is 5.41 Å². The van der Waals surface area contributed by atoms with Crippen molar-refractivity contribution < 1.29 is 9.59 Å². The van der Waals surface area contributed by atoms with Gasteiger partial charge in [-0.1, -0.05) is 26.7 Å². The molecular weight excluding hydrogens is 386 g/mol. The third kappa shape index (κ3) is 4.17. The van der Waals surface area contributed by atoms with Gasteiger partial charge in [-0.25, -0.2) is 0 Å². The Hall–Kier alpha value is -1.60. The number of Topliss-reactive ketones (excluding diaryl/α,β-unsaturated/α-hetero) is 1. The highest BCUT2D eigenvalue weighted by Crippen LogP contribution is 2.36. The predicted octanol–water partition coefficient (Wildman–Crippen LogP) is 2.62. The number of carbonyl (C=O) groups is 2. The van der Waals surface area contributed by atoms with E-state index in [4.69, 9.17) is 0 Å². The van der Waals surface area contributed by atoms with Gasteiger partial charge in [-0.15, -0.1) is 0 Å². The Morgan fingerprint density at radius 2 is 1.86 bits per heavy atom. The van der Waals surface area contributed by atoms with Crippen LogP contribution in [0.5, 0.6) is 0 Å². The van der Waals surface area contributed by atoms with Crippen LogP contribution in [0.25, 0.3) is 0 Å². The van der Waals surface area contributed by atoms with Crippen LogP contribution in [0, 0.1) is 5.41 Å². The average Bonchev–Trinajstić information content (AvgIpc) is 3.16. The van der Waals surface area contributed by atoms with Gasteiger partial charge in [0.15, 0.2) is 5.78 Å². The molecule has 2 N–H and O–H groups in total. The number of aromatic nitrogens is 1. The lowest BCUT2D eigenvalue weighted by Crippen LogP contribution is -2.56. The number of hydrogen-bond donors (Lipinski definition) is 2. The molecule has 0 atom stereocenters. The Kier molecular flexibility index (Phi) is 5.64. The number of nitrogens with one attached hydrogen (secondary N) is 2. The molecule has 6 nitrogen and oxygen atoms in total. The minimum Gasteiger partial charge on any atom is -0.350 e. The topological polar surface area (TPSA) is 82.3 Å². The van der Waals surface area contributed by atoms with Gasteiger partial charge in [-0.05, 0) is 30.7 Å². The SMILES string of the molecule is CC1(C)CC(=O)c2cc(C(=O)NCC3(N4CCSCC4)CCCC3)c(=O)[nH]c2C1. The Balaban J connectivity index is 1.52. The van der Waals surface area contributed by atoms with Crippen molar-refractivity contribution in [2.75, 3.05) is 31.1 Å². The Bertz CT molecular complexity index is 865. The number of carbonyl (C=O) groups excluding carboxylic acids is 2. The van der Waals surface area contributed by atoms with Crippen molar-refractivity contribution in [3.63, 3.8) is 0 Å². The number of ketones is 1. The van der Waals surface area contributed by atoms with Crippen LogP contribution >= 0.6 is 11.8 Å². The van der Waals surface area contributed by atoms with Crippen LogP contribution in [0.15, 0.2) is 10.9 Å². The first-order chi connectivity index (χ1) is 13.8. The standard InChI is InChI=1S/C22H31N3O3S/c1-21(2)12-17-15(18(26)13-21)11-16(20(28)24-17)19(27)23-14-22(5-3-4-6-22)25-7-9-29-10-8-25/h11H,3-10,12-14H2,1-2H3,(H,23,27)(H,24,28). The van der Waals surface area contributed by atoms with Crippen molar-refractivity contribution in [1.29, 1.82) is 0 Å². The van der Waals surface area contributed by atoms with Gasteiger partial charge in [0.2, 0.25) is 0 Å². The van der Waals surface area contributed by atoms with Gasteiger partial charge < -0.3 is 10.3 Å². The van der Waals surface area contributed by atoms with E-state index in [9.17, 15) is 14.4 Å². The summed E-state index contributed by atoms with van der Waals surface area (Å²) in [5.74, 6) is 1.90. The van der Waals surface area contributed by atoms with Crippen LogP contribution in [0.4, 0.5) is 0 Å². The maximum Gasteiger partial charge on any atom is 0.261 e. The van der Waals surface area contributed by atoms with Crippen LogP contribution in [-0.4, -0.2) is 58.3 Å². The summed E-state index contributed by atoms with van der Waals surface area (Å²) in [5.41, 5.74) is 0.653. The number of thioether (sulfide) groups is 1. The molecule has 1 amide bonds. The molecule has 2 fully saturated rings. The minimum absolute atomic E-state index is 0.000343. The molecule has 2 aliphatic carbocycles. The molecule has 1 saturated carbocycles. The van der Waals surface area contributed by atoms with E-state index in [0.717, 1.165) is 37.4 Å². The van der Waals surface area contributed by atoms with Crippen molar-refractivity contribution in [3.05, 3.63) is 33.2 Å². The molecule has 0 bridgehead atoms. The van der Waals surface area contributed by atoms with Gasteiger partial charge in [0.05, 0.1) is 0 Å². The summed E-state index contributed by atoms with van der Waals surface area (Å²) < 4.78 is 0. The molecule has 1 aliphatic heterocycles. The Morgan fingerprint density at radius 1 is 1.17 bits per heavy atom. The molecule has 4 rings (SSSR count). The summed E-state index contributed by atoms with van der Waals surface area (Å²) in [6, 6.07) is 1.51. The second-order valence-corrected chi connectivity index (χ2v) is 10.8. The van der Waals surface area contributed by atoms with Gasteiger partial charge in [0.1, 0.15) is 5.56 Å². The van der Waals surface area contributed by atoms with E-state index in [0.29, 0.717) is 30.6 Å². The average molecular weight is 418 g/mol. The van der Waals surface area contributed by atoms with Gasteiger partial charge in [0.25, 0.3) is 11.5 Å². The van der Waals surface area contributed by atoms with Gasteiger partial charge >= 0.3 is 0 Å². The Labute approximate surface area is 176 Å². The molecule has 3 aliphatic rings. The van der Waals surface area contributed by atoms with E-state index in [1.165, 1.54) is 18.9 Å². The van der Waals surface area contributed by atoms with Crippen LogP contribution in [0.2, 0.25) is 0 Å². The molecule has 0 spiro atoms. The van der Waals surface area contributed by atoms with Crippen LogP contribution in [0.1, 0.15) is 72.4 Å². The van der Waals surface area contributed by atoms with E-state index < -0.39 is 5.56 Å². The highest BCUT2D eigenvalue weighted by Gasteiger charge is 2.40. The predicted molar refractivity (Wildman–Crippen MR) is 116 cm³/mol. The second-order valence-electron chi connectivity index (χ2n) is 9.56. The molecule has 29 heavy (non-hydrogen) atoms. The van der Waals surface area contributed by atoms with Crippen LogP contribution in [0.3, 0.4) is 0 Å². The lowest BCUT2D eigenvalue weighted by atomic mass is 9.75. The summed E-state index contributed by atoms with van der Waals surface area (Å²) in [5, 5.41) is 3.04. The molecule has 0 aromatic carbocycles. The molecule has 1 aromatic rings. The van der Waals surface area contributed by atoms with Crippen molar-refractivity contribution in [2.45, 2.75) is 57.9 Å².